The fourth-order valence-electron chi connectivity index (χ4n) is 2.77. The lowest BCUT2D eigenvalue weighted by Gasteiger charge is -2.13. The maximum atomic E-state index is 13.2. The Balaban J connectivity index is 2.22. The minimum Gasteiger partial charge on any atom is -0.355 e. The molecule has 2 aromatic carbocycles. The van der Waals surface area contributed by atoms with Crippen LogP contribution in [0.2, 0.25) is 0 Å². The lowest BCUT2D eigenvalue weighted by molar-refractivity contribution is 0.0963. The number of carbonyl (C=O) groups is 1. The summed E-state index contributed by atoms with van der Waals surface area (Å²) < 4.78 is 13.2. The molecule has 1 atom stereocenters. The molecule has 5 heteroatoms. The molecule has 1 aliphatic heterocycles. The Morgan fingerprint density at radius 3 is 2.73 bits per heavy atom. The van der Waals surface area contributed by atoms with E-state index in [1.165, 1.54) is 12.1 Å². The number of carbonyl (C=O) groups excluding carboxylic acids is 1. The zero-order chi connectivity index (χ0) is 15.7. The van der Waals surface area contributed by atoms with Crippen LogP contribution in [0.4, 0.5) is 4.39 Å². The van der Waals surface area contributed by atoms with Crippen molar-refractivity contribution < 1.29 is 9.18 Å². The number of hydrogen-bond donors (Lipinski definition) is 2. The van der Waals surface area contributed by atoms with Crippen LogP contribution in [0, 0.1) is 17.1 Å². The van der Waals surface area contributed by atoms with E-state index < -0.39 is 6.04 Å². The summed E-state index contributed by atoms with van der Waals surface area (Å²) in [7, 11) is 1.57. The van der Waals surface area contributed by atoms with Crippen LogP contribution in [0.3, 0.4) is 0 Å². The minimum atomic E-state index is -0.422. The molecule has 2 aromatic rings. The summed E-state index contributed by atoms with van der Waals surface area (Å²) in [5.74, 6) is -0.510. The Kier molecular flexibility index (Phi) is 3.61. The van der Waals surface area contributed by atoms with Crippen LogP contribution < -0.4 is 10.6 Å². The van der Waals surface area contributed by atoms with Gasteiger partial charge in [-0.15, -0.1) is 0 Å². The molecule has 110 valence electrons. The van der Waals surface area contributed by atoms with Gasteiger partial charge in [0.15, 0.2) is 0 Å². The van der Waals surface area contributed by atoms with Crippen LogP contribution >= 0.6 is 0 Å². The fourth-order valence-corrected chi connectivity index (χ4v) is 2.77. The molecular formula is C17H14FN3O. The molecule has 0 saturated heterocycles. The predicted molar refractivity (Wildman–Crippen MR) is 80.4 cm³/mol. The Bertz CT molecular complexity index is 778. The summed E-state index contributed by atoms with van der Waals surface area (Å²) >= 11 is 0. The normalized spacial score (nSPS) is 16.0. The van der Waals surface area contributed by atoms with E-state index in [-0.39, 0.29) is 11.7 Å². The van der Waals surface area contributed by atoms with Crippen molar-refractivity contribution >= 4 is 5.91 Å². The Labute approximate surface area is 127 Å². The van der Waals surface area contributed by atoms with Gasteiger partial charge in [0.05, 0.1) is 6.07 Å². The number of nitriles is 1. The summed E-state index contributed by atoms with van der Waals surface area (Å²) in [5, 5.41) is 15.0. The van der Waals surface area contributed by atoms with Gasteiger partial charge >= 0.3 is 0 Å². The van der Waals surface area contributed by atoms with Crippen LogP contribution in [0.15, 0.2) is 36.4 Å². The highest BCUT2D eigenvalue weighted by atomic mass is 19.1. The molecule has 22 heavy (non-hydrogen) atoms. The highest BCUT2D eigenvalue weighted by Gasteiger charge is 2.27. The topological polar surface area (TPSA) is 64.9 Å². The van der Waals surface area contributed by atoms with Gasteiger partial charge in [-0.25, -0.2) is 4.39 Å². The summed E-state index contributed by atoms with van der Waals surface area (Å²) in [6.45, 7) is 0.534. The van der Waals surface area contributed by atoms with Gasteiger partial charge in [0, 0.05) is 19.2 Å². The number of nitrogens with one attached hydrogen (secondary N) is 2. The summed E-state index contributed by atoms with van der Waals surface area (Å²) in [4.78, 5) is 11.9. The molecule has 1 aliphatic rings. The smallest absolute Gasteiger partial charge is 0.251 e. The van der Waals surface area contributed by atoms with Crippen LogP contribution in [0.1, 0.15) is 27.5 Å². The van der Waals surface area contributed by atoms with E-state index >= 15 is 0 Å². The Morgan fingerprint density at radius 2 is 2.09 bits per heavy atom. The Morgan fingerprint density at radius 1 is 1.36 bits per heavy atom. The predicted octanol–water partition coefficient (Wildman–Crippen LogP) is 2.52. The largest absolute Gasteiger partial charge is 0.355 e. The molecule has 3 rings (SSSR count). The first kappa shape index (κ1) is 14.2. The summed E-state index contributed by atoms with van der Waals surface area (Å²) in [6.07, 6.45) is 0. The standard InChI is InChI=1S/C17H14FN3O/c1-20-17(22)11-6-12-9-21-15(8-19)16(12)14(7-11)10-2-4-13(18)5-3-10/h2-7,15,21H,9H2,1H3,(H,20,22). The van der Waals surface area contributed by atoms with Crippen molar-refractivity contribution in [2.45, 2.75) is 12.6 Å². The SMILES string of the molecule is CNC(=O)c1cc2c(c(-c3ccc(F)cc3)c1)C(C#N)NC2. The molecule has 4 nitrogen and oxygen atoms in total. The number of amides is 1. The Hall–Kier alpha value is -2.71. The number of fused-ring (bicyclic) bond motifs is 1. The molecule has 0 aromatic heterocycles. The molecular weight excluding hydrogens is 281 g/mol. The quantitative estimate of drug-likeness (QED) is 0.894. The van der Waals surface area contributed by atoms with Crippen molar-refractivity contribution in [2.24, 2.45) is 0 Å². The number of nitrogens with zero attached hydrogens (tertiary/aromatic N) is 1. The zero-order valence-electron chi connectivity index (χ0n) is 12.0. The van der Waals surface area contributed by atoms with Crippen molar-refractivity contribution in [3.63, 3.8) is 0 Å². The molecule has 0 spiro atoms. The molecule has 2 N–H and O–H groups in total. The van der Waals surface area contributed by atoms with Gasteiger partial charge in [0.2, 0.25) is 0 Å². The first-order valence-corrected chi connectivity index (χ1v) is 6.92. The van der Waals surface area contributed by atoms with Crippen LogP contribution in [-0.2, 0) is 6.54 Å². The van der Waals surface area contributed by atoms with Gasteiger partial charge in [0.1, 0.15) is 11.9 Å². The molecule has 1 amide bonds. The molecule has 0 aliphatic carbocycles. The number of rotatable bonds is 2. The summed E-state index contributed by atoms with van der Waals surface area (Å²) in [6, 6.07) is 11.4. The van der Waals surface area contributed by atoms with Crippen molar-refractivity contribution in [3.05, 3.63) is 58.9 Å². The van der Waals surface area contributed by atoms with Gasteiger partial charge in [0.25, 0.3) is 5.91 Å². The first-order chi connectivity index (χ1) is 10.6. The number of halogens is 1. The second kappa shape index (κ2) is 5.58. The van der Waals surface area contributed by atoms with Crippen LogP contribution in [0.5, 0.6) is 0 Å². The fraction of sp³-hybridized carbons (Fsp3) is 0.176. The second-order valence-corrected chi connectivity index (χ2v) is 5.13. The highest BCUT2D eigenvalue weighted by Crippen LogP contribution is 2.36. The van der Waals surface area contributed by atoms with Gasteiger partial charge < -0.3 is 5.32 Å². The molecule has 0 radical (unpaired) electrons. The maximum Gasteiger partial charge on any atom is 0.251 e. The molecule has 0 fully saturated rings. The minimum absolute atomic E-state index is 0.188. The summed E-state index contributed by atoms with van der Waals surface area (Å²) in [5.41, 5.74) is 3.88. The van der Waals surface area contributed by atoms with Crippen LogP contribution in [-0.4, -0.2) is 13.0 Å². The van der Waals surface area contributed by atoms with E-state index in [4.69, 9.17) is 0 Å². The molecule has 0 bridgehead atoms. The number of benzene rings is 2. The van der Waals surface area contributed by atoms with Gasteiger partial charge in [-0.2, -0.15) is 5.26 Å². The van der Waals surface area contributed by atoms with Crippen molar-refractivity contribution in [2.75, 3.05) is 7.05 Å². The van der Waals surface area contributed by atoms with E-state index in [0.29, 0.717) is 12.1 Å². The van der Waals surface area contributed by atoms with Crippen molar-refractivity contribution in [1.29, 1.82) is 5.26 Å². The number of hydrogen-bond acceptors (Lipinski definition) is 3. The lowest BCUT2D eigenvalue weighted by Crippen LogP contribution is -2.18. The third kappa shape index (κ3) is 2.34. The average molecular weight is 295 g/mol. The van der Waals surface area contributed by atoms with Gasteiger partial charge in [-0.1, -0.05) is 12.1 Å². The van der Waals surface area contributed by atoms with E-state index in [1.54, 1.807) is 31.3 Å². The highest BCUT2D eigenvalue weighted by molar-refractivity contribution is 5.96. The van der Waals surface area contributed by atoms with E-state index in [9.17, 15) is 14.4 Å². The molecule has 1 unspecified atom stereocenters. The van der Waals surface area contributed by atoms with Gasteiger partial charge in [-0.3, -0.25) is 10.1 Å². The monoisotopic (exact) mass is 295 g/mol. The third-order valence-corrected chi connectivity index (χ3v) is 3.82. The van der Waals surface area contributed by atoms with Crippen LogP contribution in [0.25, 0.3) is 11.1 Å². The second-order valence-electron chi connectivity index (χ2n) is 5.13. The van der Waals surface area contributed by atoms with Gasteiger partial charge in [-0.05, 0) is 46.5 Å². The van der Waals surface area contributed by atoms with Crippen molar-refractivity contribution in [3.8, 4) is 17.2 Å². The van der Waals surface area contributed by atoms with Crippen molar-refractivity contribution in [1.82, 2.24) is 10.6 Å². The van der Waals surface area contributed by atoms with E-state index in [0.717, 1.165) is 22.3 Å². The lowest BCUT2D eigenvalue weighted by atomic mass is 9.91. The van der Waals surface area contributed by atoms with E-state index in [1.807, 2.05) is 0 Å². The average Bonchev–Trinajstić information content (AvgIpc) is 2.97. The zero-order valence-corrected chi connectivity index (χ0v) is 12.0. The van der Waals surface area contributed by atoms with E-state index in [2.05, 4.69) is 16.7 Å². The molecule has 0 saturated carbocycles. The third-order valence-electron chi connectivity index (χ3n) is 3.82. The maximum absolute atomic E-state index is 13.2. The first-order valence-electron chi connectivity index (χ1n) is 6.92. The molecule has 1 heterocycles.